The fraction of sp³-hybridized carbons (Fsp3) is 0.182. The van der Waals surface area contributed by atoms with Crippen molar-refractivity contribution in [2.24, 2.45) is 0 Å². The maximum atomic E-state index is 5.68. The zero-order valence-corrected chi connectivity index (χ0v) is 8.65. The zero-order valence-electron chi connectivity index (χ0n) is 8.65. The van der Waals surface area contributed by atoms with Crippen LogP contribution in [0.2, 0.25) is 0 Å². The highest BCUT2D eigenvalue weighted by atomic mass is 16.5. The molecule has 0 aliphatic rings. The first-order valence-electron chi connectivity index (χ1n) is 4.52. The minimum atomic E-state index is 0.606. The van der Waals surface area contributed by atoms with Crippen LogP contribution in [0.3, 0.4) is 0 Å². The molecular weight excluding hydrogens is 192 g/mol. The van der Waals surface area contributed by atoms with E-state index in [-0.39, 0.29) is 0 Å². The normalized spacial score (nSPS) is 10.3. The van der Waals surface area contributed by atoms with Gasteiger partial charge in [-0.3, -0.25) is 4.98 Å². The lowest BCUT2D eigenvalue weighted by Gasteiger charge is -2.10. The summed E-state index contributed by atoms with van der Waals surface area (Å²) in [5.74, 6) is 1.34. The summed E-state index contributed by atoms with van der Waals surface area (Å²) in [4.78, 5) is 4.20. The van der Waals surface area contributed by atoms with E-state index in [9.17, 15) is 0 Å². The molecule has 0 aliphatic carbocycles. The zero-order chi connectivity index (χ0) is 10.8. The highest BCUT2D eigenvalue weighted by molar-refractivity contribution is 5.89. The third-order valence-corrected chi connectivity index (χ3v) is 2.22. The molecular formula is C11H12N2O2. The number of ether oxygens (including phenoxy) is 2. The minimum Gasteiger partial charge on any atom is -0.493 e. The summed E-state index contributed by atoms with van der Waals surface area (Å²) in [7, 11) is 3.20. The Morgan fingerprint density at radius 1 is 1.20 bits per heavy atom. The van der Waals surface area contributed by atoms with E-state index in [4.69, 9.17) is 15.2 Å². The number of pyridine rings is 1. The Kier molecular flexibility index (Phi) is 2.33. The van der Waals surface area contributed by atoms with Crippen LogP contribution in [0.25, 0.3) is 10.9 Å². The number of nitrogen functional groups attached to an aromatic ring is 1. The number of methoxy groups -OCH3 is 2. The largest absolute Gasteiger partial charge is 0.493 e. The molecule has 2 aromatic rings. The number of anilines is 1. The van der Waals surface area contributed by atoms with E-state index in [1.165, 1.54) is 0 Å². The van der Waals surface area contributed by atoms with Gasteiger partial charge in [0.2, 0.25) is 0 Å². The average molecular weight is 204 g/mol. The van der Waals surface area contributed by atoms with E-state index in [1.54, 1.807) is 20.4 Å². The van der Waals surface area contributed by atoms with E-state index < -0.39 is 0 Å². The summed E-state index contributed by atoms with van der Waals surface area (Å²) in [6.07, 6.45) is 1.62. The summed E-state index contributed by atoms with van der Waals surface area (Å²) in [5, 5.41) is 0.858. The number of hydrogen-bond donors (Lipinski definition) is 1. The molecule has 2 rings (SSSR count). The Hall–Kier alpha value is -1.97. The number of benzene rings is 1. The Morgan fingerprint density at radius 3 is 2.67 bits per heavy atom. The SMILES string of the molecule is COc1ccc2ncc(N)cc2c1OC. The molecule has 0 saturated carbocycles. The topological polar surface area (TPSA) is 57.4 Å². The van der Waals surface area contributed by atoms with Crippen molar-refractivity contribution in [2.45, 2.75) is 0 Å². The van der Waals surface area contributed by atoms with Gasteiger partial charge in [-0.25, -0.2) is 0 Å². The second-order valence-electron chi connectivity index (χ2n) is 3.14. The van der Waals surface area contributed by atoms with Gasteiger partial charge in [0.05, 0.1) is 31.6 Å². The number of rotatable bonds is 2. The first-order chi connectivity index (χ1) is 7.26. The third kappa shape index (κ3) is 1.54. The van der Waals surface area contributed by atoms with Gasteiger partial charge < -0.3 is 15.2 Å². The predicted molar refractivity (Wildman–Crippen MR) is 59.3 cm³/mol. The number of nitrogens with zero attached hydrogens (tertiary/aromatic N) is 1. The summed E-state index contributed by atoms with van der Waals surface area (Å²) in [6, 6.07) is 5.52. The van der Waals surface area contributed by atoms with Gasteiger partial charge in [0.15, 0.2) is 11.5 Å². The quantitative estimate of drug-likeness (QED) is 0.810. The van der Waals surface area contributed by atoms with Crippen molar-refractivity contribution >= 4 is 16.6 Å². The molecule has 1 aromatic heterocycles. The number of hydrogen-bond acceptors (Lipinski definition) is 4. The van der Waals surface area contributed by atoms with Crippen LogP contribution >= 0.6 is 0 Å². The Bertz CT molecular complexity index is 497. The maximum absolute atomic E-state index is 5.68. The molecule has 78 valence electrons. The number of nitrogens with two attached hydrogens (primary N) is 1. The molecule has 15 heavy (non-hydrogen) atoms. The van der Waals surface area contributed by atoms with Gasteiger partial charge >= 0.3 is 0 Å². The van der Waals surface area contributed by atoms with E-state index in [2.05, 4.69) is 4.98 Å². The van der Waals surface area contributed by atoms with Gasteiger partial charge in [-0.2, -0.15) is 0 Å². The van der Waals surface area contributed by atoms with Crippen LogP contribution in [0, 0.1) is 0 Å². The van der Waals surface area contributed by atoms with Crippen LogP contribution in [-0.2, 0) is 0 Å². The molecule has 0 atom stereocenters. The molecule has 0 fully saturated rings. The van der Waals surface area contributed by atoms with Crippen LogP contribution < -0.4 is 15.2 Å². The van der Waals surface area contributed by atoms with E-state index in [1.807, 2.05) is 18.2 Å². The second kappa shape index (κ2) is 3.65. The van der Waals surface area contributed by atoms with E-state index in [0.717, 1.165) is 10.9 Å². The summed E-state index contributed by atoms with van der Waals surface area (Å²) in [6.45, 7) is 0. The molecule has 2 N–H and O–H groups in total. The van der Waals surface area contributed by atoms with Crippen molar-refractivity contribution in [3.63, 3.8) is 0 Å². The smallest absolute Gasteiger partial charge is 0.170 e. The fourth-order valence-corrected chi connectivity index (χ4v) is 1.54. The third-order valence-electron chi connectivity index (χ3n) is 2.22. The van der Waals surface area contributed by atoms with Crippen LogP contribution in [-0.4, -0.2) is 19.2 Å². The molecule has 0 aliphatic heterocycles. The highest BCUT2D eigenvalue weighted by Gasteiger charge is 2.09. The highest BCUT2D eigenvalue weighted by Crippen LogP contribution is 2.34. The molecule has 0 radical (unpaired) electrons. The lowest BCUT2D eigenvalue weighted by Crippen LogP contribution is -1.94. The van der Waals surface area contributed by atoms with Gasteiger partial charge in [0, 0.05) is 5.39 Å². The standard InChI is InChI=1S/C11H12N2O2/c1-14-10-4-3-9-8(11(10)15-2)5-7(12)6-13-9/h3-6H,12H2,1-2H3. The van der Waals surface area contributed by atoms with Crippen LogP contribution in [0.4, 0.5) is 5.69 Å². The number of aromatic nitrogens is 1. The first kappa shape index (κ1) is 9.58. The van der Waals surface area contributed by atoms with Gasteiger partial charge in [-0.05, 0) is 18.2 Å². The molecule has 4 nitrogen and oxygen atoms in total. The van der Waals surface area contributed by atoms with Gasteiger partial charge in [0.1, 0.15) is 0 Å². The van der Waals surface area contributed by atoms with Crippen molar-refractivity contribution in [1.82, 2.24) is 4.98 Å². The lowest BCUT2D eigenvalue weighted by molar-refractivity contribution is 0.358. The molecule has 0 spiro atoms. The fourth-order valence-electron chi connectivity index (χ4n) is 1.54. The molecule has 0 saturated heterocycles. The molecule has 1 heterocycles. The van der Waals surface area contributed by atoms with Crippen LogP contribution in [0.1, 0.15) is 0 Å². The van der Waals surface area contributed by atoms with Crippen molar-refractivity contribution in [1.29, 1.82) is 0 Å². The molecule has 0 amide bonds. The molecule has 0 bridgehead atoms. The maximum Gasteiger partial charge on any atom is 0.170 e. The minimum absolute atomic E-state index is 0.606. The van der Waals surface area contributed by atoms with E-state index >= 15 is 0 Å². The Labute approximate surface area is 87.6 Å². The van der Waals surface area contributed by atoms with Crippen molar-refractivity contribution in [3.05, 3.63) is 24.4 Å². The molecule has 0 unspecified atom stereocenters. The van der Waals surface area contributed by atoms with Gasteiger partial charge in [0.25, 0.3) is 0 Å². The lowest BCUT2D eigenvalue weighted by atomic mass is 10.2. The first-order valence-corrected chi connectivity index (χ1v) is 4.52. The van der Waals surface area contributed by atoms with Crippen molar-refractivity contribution in [3.8, 4) is 11.5 Å². The van der Waals surface area contributed by atoms with Crippen molar-refractivity contribution in [2.75, 3.05) is 20.0 Å². The van der Waals surface area contributed by atoms with Crippen LogP contribution in [0.5, 0.6) is 11.5 Å². The Morgan fingerprint density at radius 2 is 2.00 bits per heavy atom. The summed E-state index contributed by atoms with van der Waals surface area (Å²) < 4.78 is 10.5. The summed E-state index contributed by atoms with van der Waals surface area (Å²) >= 11 is 0. The van der Waals surface area contributed by atoms with Gasteiger partial charge in [-0.1, -0.05) is 0 Å². The predicted octanol–water partition coefficient (Wildman–Crippen LogP) is 1.83. The van der Waals surface area contributed by atoms with Crippen molar-refractivity contribution < 1.29 is 9.47 Å². The van der Waals surface area contributed by atoms with Gasteiger partial charge in [-0.15, -0.1) is 0 Å². The monoisotopic (exact) mass is 204 g/mol. The van der Waals surface area contributed by atoms with E-state index in [0.29, 0.717) is 17.2 Å². The van der Waals surface area contributed by atoms with Crippen LogP contribution in [0.15, 0.2) is 24.4 Å². The second-order valence-corrected chi connectivity index (χ2v) is 3.14. The average Bonchev–Trinajstić information content (AvgIpc) is 2.27. The molecule has 1 aromatic carbocycles. The summed E-state index contributed by atoms with van der Waals surface area (Å²) in [5.41, 5.74) is 7.12. The number of fused-ring (bicyclic) bond motifs is 1. The Balaban J connectivity index is 2.79. The molecule has 4 heteroatoms.